The van der Waals surface area contributed by atoms with Gasteiger partial charge in [-0.3, -0.25) is 9.59 Å². The van der Waals surface area contributed by atoms with Crippen LogP contribution in [-0.4, -0.2) is 89.3 Å². The first-order valence-corrected chi connectivity index (χ1v) is 13.8. The molecule has 2 fully saturated rings. The van der Waals surface area contributed by atoms with Crippen LogP contribution in [-0.2, 0) is 4.79 Å². The number of benzene rings is 3. The summed E-state index contributed by atoms with van der Waals surface area (Å²) < 4.78 is 22.3. The van der Waals surface area contributed by atoms with Crippen LogP contribution in [0.1, 0.15) is 21.8 Å². The predicted octanol–water partition coefficient (Wildman–Crippen LogP) is 3.93. The standard InChI is InChI=1S/C32H37N3O6/c1-38-27-13-9-8-12-26(27)33-14-16-34(17-15-33)32(37)25-21-35(31(36)22-10-6-5-7-11-22)20-24(25)23-18-28(39-2)30(41-4)29(19-23)40-3/h5-13,18-19,24-25H,14-17,20-21H2,1-4H3. The van der Waals surface area contributed by atoms with Crippen LogP contribution in [0.5, 0.6) is 23.0 Å². The fraction of sp³-hybridized carbons (Fsp3) is 0.375. The summed E-state index contributed by atoms with van der Waals surface area (Å²) in [6.07, 6.45) is 0. The van der Waals surface area contributed by atoms with Crippen molar-refractivity contribution in [3.8, 4) is 23.0 Å². The molecular formula is C32H37N3O6. The van der Waals surface area contributed by atoms with Gasteiger partial charge in [-0.15, -0.1) is 0 Å². The van der Waals surface area contributed by atoms with Crippen LogP contribution in [0.25, 0.3) is 0 Å². The van der Waals surface area contributed by atoms with Gasteiger partial charge in [0, 0.05) is 50.7 Å². The molecule has 2 amide bonds. The van der Waals surface area contributed by atoms with Gasteiger partial charge in [0.25, 0.3) is 5.91 Å². The van der Waals surface area contributed by atoms with Crippen molar-refractivity contribution in [2.24, 2.45) is 5.92 Å². The highest BCUT2D eigenvalue weighted by atomic mass is 16.5. The van der Waals surface area contributed by atoms with Crippen molar-refractivity contribution in [3.63, 3.8) is 0 Å². The first kappa shape index (κ1) is 28.1. The SMILES string of the molecule is COc1ccccc1N1CCN(C(=O)C2CN(C(=O)c3ccccc3)CC2c2cc(OC)c(OC)c(OC)c2)CC1. The van der Waals surface area contributed by atoms with E-state index in [1.807, 2.05) is 71.6 Å². The lowest BCUT2D eigenvalue weighted by atomic mass is 9.87. The number of rotatable bonds is 8. The molecule has 0 N–H and O–H groups in total. The van der Waals surface area contributed by atoms with E-state index in [-0.39, 0.29) is 17.7 Å². The summed E-state index contributed by atoms with van der Waals surface area (Å²) in [7, 11) is 6.38. The molecule has 2 aliphatic rings. The second-order valence-corrected chi connectivity index (χ2v) is 10.2. The number of hydrogen-bond donors (Lipinski definition) is 0. The summed E-state index contributed by atoms with van der Waals surface area (Å²) in [5, 5.41) is 0. The van der Waals surface area contributed by atoms with Crippen LogP contribution in [0.15, 0.2) is 66.7 Å². The number of hydrogen-bond acceptors (Lipinski definition) is 7. The number of carbonyl (C=O) groups excluding carboxylic acids is 2. The number of para-hydroxylation sites is 2. The Bertz CT molecular complexity index is 1350. The summed E-state index contributed by atoms with van der Waals surface area (Å²) in [5.41, 5.74) is 2.50. The minimum absolute atomic E-state index is 0.0480. The van der Waals surface area contributed by atoms with Crippen LogP contribution in [0, 0.1) is 5.92 Å². The van der Waals surface area contributed by atoms with Gasteiger partial charge in [-0.05, 0) is 42.0 Å². The minimum Gasteiger partial charge on any atom is -0.495 e. The highest BCUT2D eigenvalue weighted by molar-refractivity contribution is 5.95. The van der Waals surface area contributed by atoms with Gasteiger partial charge in [0.15, 0.2) is 11.5 Å². The molecule has 216 valence electrons. The fourth-order valence-electron chi connectivity index (χ4n) is 5.93. The number of ether oxygens (including phenoxy) is 4. The second kappa shape index (κ2) is 12.4. The summed E-state index contributed by atoms with van der Waals surface area (Å²) in [4.78, 5) is 33.6. The average Bonchev–Trinajstić information content (AvgIpc) is 3.49. The van der Waals surface area contributed by atoms with Crippen LogP contribution in [0.3, 0.4) is 0 Å². The topological polar surface area (TPSA) is 80.8 Å². The van der Waals surface area contributed by atoms with Gasteiger partial charge in [-0.2, -0.15) is 0 Å². The Kier molecular flexibility index (Phi) is 8.52. The molecule has 2 saturated heterocycles. The number of piperazine rings is 1. The van der Waals surface area contributed by atoms with E-state index in [0.29, 0.717) is 62.1 Å². The zero-order valence-electron chi connectivity index (χ0n) is 24.0. The third-order valence-corrected chi connectivity index (χ3v) is 8.08. The quantitative estimate of drug-likeness (QED) is 0.414. The summed E-state index contributed by atoms with van der Waals surface area (Å²) in [6, 6.07) is 20.9. The maximum absolute atomic E-state index is 14.1. The zero-order chi connectivity index (χ0) is 28.9. The molecule has 0 aromatic heterocycles. The zero-order valence-corrected chi connectivity index (χ0v) is 24.0. The highest BCUT2D eigenvalue weighted by Gasteiger charge is 2.43. The van der Waals surface area contributed by atoms with Gasteiger partial charge in [0.05, 0.1) is 40.0 Å². The predicted molar refractivity (Wildman–Crippen MR) is 156 cm³/mol. The summed E-state index contributed by atoms with van der Waals surface area (Å²) in [5.74, 6) is 1.66. The molecule has 2 unspecified atom stereocenters. The largest absolute Gasteiger partial charge is 0.495 e. The van der Waals surface area contributed by atoms with Gasteiger partial charge in [-0.25, -0.2) is 0 Å². The lowest BCUT2D eigenvalue weighted by Gasteiger charge is -2.38. The molecule has 2 heterocycles. The maximum Gasteiger partial charge on any atom is 0.253 e. The molecule has 3 aromatic rings. The Balaban J connectivity index is 1.41. The van der Waals surface area contributed by atoms with Crippen LogP contribution in [0.2, 0.25) is 0 Å². The van der Waals surface area contributed by atoms with E-state index in [4.69, 9.17) is 18.9 Å². The molecule has 9 heteroatoms. The lowest BCUT2D eigenvalue weighted by Crippen LogP contribution is -2.51. The van der Waals surface area contributed by atoms with Crippen molar-refractivity contribution in [1.29, 1.82) is 0 Å². The summed E-state index contributed by atoms with van der Waals surface area (Å²) >= 11 is 0. The number of anilines is 1. The number of nitrogens with zero attached hydrogens (tertiary/aromatic N) is 3. The van der Waals surface area contributed by atoms with Crippen LogP contribution in [0.4, 0.5) is 5.69 Å². The Labute approximate surface area is 241 Å². The molecular weight excluding hydrogens is 522 g/mol. The Morgan fingerprint density at radius 3 is 1.90 bits per heavy atom. The number of methoxy groups -OCH3 is 4. The van der Waals surface area contributed by atoms with Crippen molar-refractivity contribution in [3.05, 3.63) is 77.9 Å². The molecule has 5 rings (SSSR count). The molecule has 0 aliphatic carbocycles. The van der Waals surface area contributed by atoms with E-state index < -0.39 is 5.92 Å². The van der Waals surface area contributed by atoms with Gasteiger partial charge in [-0.1, -0.05) is 30.3 Å². The van der Waals surface area contributed by atoms with E-state index >= 15 is 0 Å². The van der Waals surface area contributed by atoms with Crippen LogP contribution >= 0.6 is 0 Å². The molecule has 41 heavy (non-hydrogen) atoms. The van der Waals surface area contributed by atoms with Crippen molar-refractivity contribution in [2.75, 3.05) is 72.6 Å². The molecule has 0 spiro atoms. The number of carbonyl (C=O) groups is 2. The molecule has 0 saturated carbocycles. The van der Waals surface area contributed by atoms with Gasteiger partial charge >= 0.3 is 0 Å². The normalized spacial score (nSPS) is 18.7. The van der Waals surface area contributed by atoms with Gasteiger partial charge in [0.2, 0.25) is 11.7 Å². The fourth-order valence-corrected chi connectivity index (χ4v) is 5.93. The first-order valence-electron chi connectivity index (χ1n) is 13.8. The maximum atomic E-state index is 14.1. The van der Waals surface area contributed by atoms with Gasteiger partial charge < -0.3 is 33.6 Å². The van der Waals surface area contributed by atoms with E-state index in [9.17, 15) is 9.59 Å². The van der Waals surface area contributed by atoms with Crippen LogP contribution < -0.4 is 23.8 Å². The minimum atomic E-state index is -0.414. The lowest BCUT2D eigenvalue weighted by molar-refractivity contribution is -0.135. The van der Waals surface area contributed by atoms with Crippen molar-refractivity contribution in [2.45, 2.75) is 5.92 Å². The number of likely N-dealkylation sites (tertiary alicyclic amines) is 1. The van der Waals surface area contributed by atoms with Crippen molar-refractivity contribution < 1.29 is 28.5 Å². The molecule has 3 aromatic carbocycles. The first-order chi connectivity index (χ1) is 20.0. The van der Waals surface area contributed by atoms with E-state index in [1.165, 1.54) is 0 Å². The highest BCUT2D eigenvalue weighted by Crippen LogP contribution is 2.44. The van der Waals surface area contributed by atoms with Crippen molar-refractivity contribution >= 4 is 17.5 Å². The number of amides is 2. The third-order valence-electron chi connectivity index (χ3n) is 8.08. The van der Waals surface area contributed by atoms with E-state index in [0.717, 1.165) is 17.0 Å². The molecule has 0 radical (unpaired) electrons. The Hall–Kier alpha value is -4.40. The van der Waals surface area contributed by atoms with Gasteiger partial charge in [0.1, 0.15) is 5.75 Å². The smallest absolute Gasteiger partial charge is 0.253 e. The summed E-state index contributed by atoms with van der Waals surface area (Å²) in [6.45, 7) is 3.30. The Morgan fingerprint density at radius 2 is 1.29 bits per heavy atom. The molecule has 9 nitrogen and oxygen atoms in total. The third kappa shape index (κ3) is 5.62. The average molecular weight is 560 g/mol. The second-order valence-electron chi connectivity index (χ2n) is 10.2. The molecule has 2 aliphatic heterocycles. The monoisotopic (exact) mass is 559 g/mol. The van der Waals surface area contributed by atoms with E-state index in [2.05, 4.69) is 4.90 Å². The molecule has 0 bridgehead atoms. The Morgan fingerprint density at radius 1 is 0.683 bits per heavy atom. The van der Waals surface area contributed by atoms with Crippen molar-refractivity contribution in [1.82, 2.24) is 9.80 Å². The molecule has 2 atom stereocenters. The van der Waals surface area contributed by atoms with E-state index in [1.54, 1.807) is 33.3 Å².